The van der Waals surface area contributed by atoms with E-state index in [1.807, 2.05) is 7.05 Å². The van der Waals surface area contributed by atoms with Crippen molar-refractivity contribution in [3.63, 3.8) is 0 Å². The number of amides is 1. The molecule has 0 bridgehead atoms. The van der Waals surface area contributed by atoms with E-state index >= 15 is 0 Å². The van der Waals surface area contributed by atoms with Crippen LogP contribution >= 0.6 is 0 Å². The number of nitrogens with zero attached hydrogens (tertiary/aromatic N) is 2. The molecule has 0 N–H and O–H groups in total. The maximum atomic E-state index is 13.0. The Labute approximate surface area is 143 Å². The molecule has 2 aliphatic heterocycles. The number of benzene rings is 1. The summed E-state index contributed by atoms with van der Waals surface area (Å²) in [6.45, 7) is 0.877. The van der Waals surface area contributed by atoms with Crippen molar-refractivity contribution in [1.82, 2.24) is 9.21 Å². The van der Waals surface area contributed by atoms with Gasteiger partial charge in [0.05, 0.1) is 17.5 Å². The van der Waals surface area contributed by atoms with Crippen molar-refractivity contribution in [2.45, 2.75) is 42.5 Å². The van der Waals surface area contributed by atoms with Crippen LogP contribution in [0.25, 0.3) is 0 Å². The highest BCUT2D eigenvalue weighted by atomic mass is 32.2. The summed E-state index contributed by atoms with van der Waals surface area (Å²) in [5.74, 6) is 0.742. The number of hydrogen-bond donors (Lipinski definition) is 0. The second-order valence-corrected chi connectivity index (χ2v) is 8.59. The van der Waals surface area contributed by atoms with E-state index in [1.54, 1.807) is 36.3 Å². The monoisotopic (exact) mass is 352 g/mol. The quantitative estimate of drug-likeness (QED) is 0.833. The van der Waals surface area contributed by atoms with Crippen LogP contribution < -0.4 is 4.74 Å². The van der Waals surface area contributed by atoms with Gasteiger partial charge in [0.15, 0.2) is 0 Å². The van der Waals surface area contributed by atoms with Crippen molar-refractivity contribution in [3.05, 3.63) is 24.3 Å². The highest BCUT2D eigenvalue weighted by molar-refractivity contribution is 7.89. The lowest BCUT2D eigenvalue weighted by atomic mass is 9.81. The standard InChI is InChI=1S/C17H24N2O4S/c1-18-16(20)5-3-10-17(18)11-4-12-19(13-17)24(21,22)15-8-6-14(23-2)7-9-15/h6-9H,3-5,10-13H2,1-2H3/t17-/m1/s1. The minimum Gasteiger partial charge on any atom is -0.497 e. The second kappa shape index (κ2) is 6.37. The van der Waals surface area contributed by atoms with Crippen LogP contribution in [0.2, 0.25) is 0 Å². The topological polar surface area (TPSA) is 66.9 Å². The maximum Gasteiger partial charge on any atom is 0.243 e. The van der Waals surface area contributed by atoms with E-state index in [0.717, 1.165) is 25.7 Å². The van der Waals surface area contributed by atoms with E-state index in [1.165, 1.54) is 4.31 Å². The van der Waals surface area contributed by atoms with Crippen LogP contribution in [0.15, 0.2) is 29.2 Å². The third kappa shape index (κ3) is 2.91. The van der Waals surface area contributed by atoms with Gasteiger partial charge in [0.25, 0.3) is 0 Å². The Hall–Kier alpha value is -1.60. The van der Waals surface area contributed by atoms with Crippen LogP contribution in [-0.2, 0) is 14.8 Å². The first-order chi connectivity index (χ1) is 11.4. The Bertz CT molecular complexity index is 713. The van der Waals surface area contributed by atoms with Crippen molar-refractivity contribution in [2.75, 3.05) is 27.2 Å². The molecule has 6 nitrogen and oxygen atoms in total. The van der Waals surface area contributed by atoms with Gasteiger partial charge in [-0.3, -0.25) is 4.79 Å². The molecule has 24 heavy (non-hydrogen) atoms. The van der Waals surface area contributed by atoms with Gasteiger partial charge in [-0.25, -0.2) is 8.42 Å². The number of ether oxygens (including phenoxy) is 1. The van der Waals surface area contributed by atoms with E-state index in [0.29, 0.717) is 25.3 Å². The minimum absolute atomic E-state index is 0.116. The molecule has 1 aromatic carbocycles. The highest BCUT2D eigenvalue weighted by Crippen LogP contribution is 2.37. The summed E-state index contributed by atoms with van der Waals surface area (Å²) in [6, 6.07) is 6.46. The zero-order valence-corrected chi connectivity index (χ0v) is 15.0. The summed E-state index contributed by atoms with van der Waals surface area (Å²) >= 11 is 0. The second-order valence-electron chi connectivity index (χ2n) is 6.65. The predicted octanol–water partition coefficient (Wildman–Crippen LogP) is 1.86. The Morgan fingerprint density at radius 3 is 2.46 bits per heavy atom. The molecule has 2 saturated heterocycles. The maximum absolute atomic E-state index is 13.0. The first-order valence-electron chi connectivity index (χ1n) is 8.30. The zero-order valence-electron chi connectivity index (χ0n) is 14.2. The van der Waals surface area contributed by atoms with Gasteiger partial charge in [-0.15, -0.1) is 0 Å². The van der Waals surface area contributed by atoms with E-state index < -0.39 is 10.0 Å². The SMILES string of the molecule is COc1ccc(S(=O)(=O)N2CCC[C@]3(CCCC(=O)N3C)C2)cc1. The van der Waals surface area contributed by atoms with E-state index in [4.69, 9.17) is 4.74 Å². The molecule has 7 heteroatoms. The van der Waals surface area contributed by atoms with Crippen LogP contribution in [0.1, 0.15) is 32.1 Å². The van der Waals surface area contributed by atoms with Crippen LogP contribution in [0, 0.1) is 0 Å². The summed E-state index contributed by atoms with van der Waals surface area (Å²) in [4.78, 5) is 14.2. The Morgan fingerprint density at radius 1 is 1.12 bits per heavy atom. The van der Waals surface area contributed by atoms with Crippen molar-refractivity contribution in [1.29, 1.82) is 0 Å². The molecule has 0 radical (unpaired) electrons. The summed E-state index contributed by atoms with van der Waals surface area (Å²) in [5, 5.41) is 0. The summed E-state index contributed by atoms with van der Waals surface area (Å²) < 4.78 is 32.6. The molecule has 0 saturated carbocycles. The number of carbonyl (C=O) groups excluding carboxylic acids is 1. The molecule has 2 fully saturated rings. The molecule has 0 unspecified atom stereocenters. The van der Waals surface area contributed by atoms with Gasteiger partial charge >= 0.3 is 0 Å². The first kappa shape index (κ1) is 17.2. The summed E-state index contributed by atoms with van der Waals surface area (Å²) in [7, 11) is -0.204. The number of sulfonamides is 1. The van der Waals surface area contributed by atoms with Crippen LogP contribution in [0.4, 0.5) is 0 Å². The Kier molecular flexibility index (Phi) is 4.57. The largest absolute Gasteiger partial charge is 0.497 e. The van der Waals surface area contributed by atoms with Crippen molar-refractivity contribution >= 4 is 15.9 Å². The Balaban J connectivity index is 1.86. The van der Waals surface area contributed by atoms with Gasteiger partial charge in [-0.2, -0.15) is 4.31 Å². The average Bonchev–Trinajstić information content (AvgIpc) is 2.60. The van der Waals surface area contributed by atoms with Crippen molar-refractivity contribution in [3.8, 4) is 5.75 Å². The number of rotatable bonds is 3. The molecule has 132 valence electrons. The van der Waals surface area contributed by atoms with Gasteiger partial charge in [0, 0.05) is 26.6 Å². The van der Waals surface area contributed by atoms with Crippen LogP contribution in [0.5, 0.6) is 5.75 Å². The molecule has 2 heterocycles. The molecule has 3 rings (SSSR count). The Morgan fingerprint density at radius 2 is 1.79 bits per heavy atom. The lowest BCUT2D eigenvalue weighted by molar-refractivity contribution is -0.141. The van der Waals surface area contributed by atoms with Crippen LogP contribution in [0.3, 0.4) is 0 Å². The molecule has 1 atom stereocenters. The highest BCUT2D eigenvalue weighted by Gasteiger charge is 2.45. The van der Waals surface area contributed by atoms with Crippen molar-refractivity contribution < 1.29 is 17.9 Å². The molecule has 1 spiro atoms. The van der Waals surface area contributed by atoms with Gasteiger partial charge in [-0.1, -0.05) is 0 Å². The molecule has 2 aliphatic rings. The predicted molar refractivity (Wildman–Crippen MR) is 90.3 cm³/mol. The third-order valence-corrected chi connectivity index (χ3v) is 7.20. The molecule has 1 amide bonds. The number of hydrogen-bond acceptors (Lipinski definition) is 4. The van der Waals surface area contributed by atoms with Gasteiger partial charge in [0.2, 0.25) is 15.9 Å². The third-order valence-electron chi connectivity index (χ3n) is 5.34. The number of carbonyl (C=O) groups is 1. The molecule has 0 aromatic heterocycles. The first-order valence-corrected chi connectivity index (χ1v) is 9.74. The lowest BCUT2D eigenvalue weighted by Crippen LogP contribution is -2.61. The normalized spacial score (nSPS) is 25.9. The molecule has 1 aromatic rings. The zero-order chi connectivity index (χ0) is 17.4. The van der Waals surface area contributed by atoms with Gasteiger partial charge in [-0.05, 0) is 49.9 Å². The average molecular weight is 352 g/mol. The summed E-state index contributed by atoms with van der Waals surface area (Å²) in [5.41, 5.74) is -0.354. The fourth-order valence-corrected chi connectivity index (χ4v) is 5.38. The van der Waals surface area contributed by atoms with Crippen LogP contribution in [-0.4, -0.2) is 56.3 Å². The molecular weight excluding hydrogens is 328 g/mol. The van der Waals surface area contributed by atoms with Gasteiger partial charge < -0.3 is 9.64 Å². The minimum atomic E-state index is -3.56. The number of likely N-dealkylation sites (tertiary alicyclic amines) is 1. The van der Waals surface area contributed by atoms with Gasteiger partial charge in [0.1, 0.15) is 5.75 Å². The molecular formula is C17H24N2O4S. The number of likely N-dealkylation sites (N-methyl/N-ethyl adjacent to an activating group) is 1. The fourth-order valence-electron chi connectivity index (χ4n) is 3.82. The van der Waals surface area contributed by atoms with Crippen molar-refractivity contribution in [2.24, 2.45) is 0 Å². The lowest BCUT2D eigenvalue weighted by Gasteiger charge is -2.50. The number of methoxy groups -OCH3 is 1. The van der Waals surface area contributed by atoms with E-state index in [9.17, 15) is 13.2 Å². The smallest absolute Gasteiger partial charge is 0.243 e. The summed E-state index contributed by atoms with van der Waals surface area (Å²) in [6.07, 6.45) is 3.89. The fraction of sp³-hybridized carbons (Fsp3) is 0.588. The van der Waals surface area contributed by atoms with E-state index in [2.05, 4.69) is 0 Å². The van der Waals surface area contributed by atoms with E-state index in [-0.39, 0.29) is 16.3 Å². The molecule has 0 aliphatic carbocycles. The number of piperidine rings is 2.